The molecule has 2 heterocycles. The van der Waals surface area contributed by atoms with Crippen LogP contribution in [-0.4, -0.2) is 36.2 Å². The number of ether oxygens (including phenoxy) is 3. The van der Waals surface area contributed by atoms with Gasteiger partial charge in [0.2, 0.25) is 0 Å². The average Bonchev–Trinajstić information content (AvgIpc) is 3.30. The number of para-hydroxylation sites is 1. The summed E-state index contributed by atoms with van der Waals surface area (Å²) in [5.74, 6) is 0.703. The molecule has 43 heavy (non-hydrogen) atoms. The van der Waals surface area contributed by atoms with Gasteiger partial charge < -0.3 is 19.5 Å². The van der Waals surface area contributed by atoms with Gasteiger partial charge in [-0.3, -0.25) is 24.3 Å². The lowest BCUT2D eigenvalue weighted by Gasteiger charge is -2.25. The number of nitrogens with zero attached hydrogens (tertiary/aromatic N) is 3. The molecule has 12 heteroatoms. The fourth-order valence-electron chi connectivity index (χ4n) is 4.86. The van der Waals surface area contributed by atoms with Gasteiger partial charge >= 0.3 is 0 Å². The Balaban J connectivity index is 1.70. The van der Waals surface area contributed by atoms with Crippen LogP contribution in [0.2, 0.25) is 0 Å². The van der Waals surface area contributed by atoms with Crippen molar-refractivity contribution in [1.82, 2.24) is 4.57 Å². The van der Waals surface area contributed by atoms with Gasteiger partial charge in [0.25, 0.3) is 17.2 Å². The Hall–Kier alpha value is -5.23. The molecule has 0 bridgehead atoms. The van der Waals surface area contributed by atoms with Crippen LogP contribution in [0.3, 0.4) is 0 Å². The highest BCUT2D eigenvalue weighted by Gasteiger charge is 2.33. The molecule has 1 amide bonds. The summed E-state index contributed by atoms with van der Waals surface area (Å²) in [5, 5.41) is 14.8. The Morgan fingerprint density at radius 1 is 1.09 bits per heavy atom. The summed E-state index contributed by atoms with van der Waals surface area (Å²) in [7, 11) is 2.80. The number of methoxy groups -OCH3 is 2. The van der Waals surface area contributed by atoms with Crippen LogP contribution in [-0.2, 0) is 4.79 Å². The number of benzene rings is 3. The minimum atomic E-state index is -0.821. The Morgan fingerprint density at radius 2 is 1.77 bits per heavy atom. The van der Waals surface area contributed by atoms with Crippen LogP contribution >= 0.6 is 11.3 Å². The topological polar surface area (TPSA) is 134 Å². The lowest BCUT2D eigenvalue weighted by molar-refractivity contribution is -0.385. The van der Waals surface area contributed by atoms with Crippen molar-refractivity contribution in [2.45, 2.75) is 19.9 Å². The molecule has 4 aromatic rings. The van der Waals surface area contributed by atoms with Gasteiger partial charge in [-0.2, -0.15) is 0 Å². The van der Waals surface area contributed by atoms with Gasteiger partial charge in [0.1, 0.15) is 5.75 Å². The van der Waals surface area contributed by atoms with Crippen molar-refractivity contribution in [2.75, 3.05) is 26.1 Å². The maximum absolute atomic E-state index is 14.0. The van der Waals surface area contributed by atoms with Crippen LogP contribution in [0.1, 0.15) is 31.0 Å². The predicted octanol–water partition coefficient (Wildman–Crippen LogP) is 4.20. The molecule has 1 aliphatic rings. The van der Waals surface area contributed by atoms with Gasteiger partial charge in [0.15, 0.2) is 16.3 Å². The molecular formula is C31H28N4O7S. The van der Waals surface area contributed by atoms with Crippen molar-refractivity contribution in [2.24, 2.45) is 4.99 Å². The Labute approximate surface area is 250 Å². The number of nitro benzene ring substituents is 1. The first-order chi connectivity index (χ1) is 20.7. The molecule has 3 aromatic carbocycles. The zero-order chi connectivity index (χ0) is 30.7. The second-order valence-electron chi connectivity index (χ2n) is 9.43. The highest BCUT2D eigenvalue weighted by atomic mass is 32.1. The van der Waals surface area contributed by atoms with E-state index in [1.54, 1.807) is 43.3 Å². The van der Waals surface area contributed by atoms with Gasteiger partial charge in [-0.05, 0) is 55.8 Å². The maximum atomic E-state index is 14.0. The van der Waals surface area contributed by atoms with Crippen LogP contribution < -0.4 is 34.4 Å². The number of hydrogen-bond acceptors (Lipinski definition) is 9. The van der Waals surface area contributed by atoms with E-state index in [0.717, 1.165) is 11.3 Å². The third-order valence-corrected chi connectivity index (χ3v) is 7.80. The molecule has 1 N–H and O–H groups in total. The SMILES string of the molecule is CCOc1ccc([C@H]2C(C(=O)Nc3ccccc3)=C(C)N=c3s/c(=C\c4cc(OC)c(OC)cc4[N+](=O)[O-])c(=O)n32)cc1. The lowest BCUT2D eigenvalue weighted by atomic mass is 9.95. The van der Waals surface area contributed by atoms with Crippen molar-refractivity contribution < 1.29 is 23.9 Å². The number of nitrogens with one attached hydrogen (secondary N) is 1. The van der Waals surface area contributed by atoms with Crippen LogP contribution in [0.25, 0.3) is 6.08 Å². The van der Waals surface area contributed by atoms with Crippen molar-refractivity contribution in [3.05, 3.63) is 119 Å². The Bertz CT molecular complexity index is 1910. The van der Waals surface area contributed by atoms with E-state index in [9.17, 15) is 19.7 Å². The molecule has 0 aliphatic carbocycles. The van der Waals surface area contributed by atoms with Crippen molar-refractivity contribution in [1.29, 1.82) is 0 Å². The maximum Gasteiger partial charge on any atom is 0.280 e. The minimum Gasteiger partial charge on any atom is -0.494 e. The molecule has 0 radical (unpaired) electrons. The number of allylic oxidation sites excluding steroid dienone is 1. The number of carbonyl (C=O) groups excluding carboxylic acids is 1. The zero-order valence-corrected chi connectivity index (χ0v) is 24.6. The van der Waals surface area contributed by atoms with Gasteiger partial charge in [-0.25, -0.2) is 4.99 Å². The summed E-state index contributed by atoms with van der Waals surface area (Å²) in [6, 6.07) is 18.1. The zero-order valence-electron chi connectivity index (χ0n) is 23.8. The second-order valence-corrected chi connectivity index (χ2v) is 10.4. The quantitative estimate of drug-likeness (QED) is 0.225. The van der Waals surface area contributed by atoms with Crippen LogP contribution in [0.4, 0.5) is 11.4 Å². The normalized spacial score (nSPS) is 14.5. The number of fused-ring (bicyclic) bond motifs is 1. The van der Waals surface area contributed by atoms with Gasteiger partial charge in [-0.1, -0.05) is 41.7 Å². The largest absolute Gasteiger partial charge is 0.494 e. The van der Waals surface area contributed by atoms with Crippen molar-refractivity contribution in [3.8, 4) is 17.2 Å². The van der Waals surface area contributed by atoms with Crippen molar-refractivity contribution in [3.63, 3.8) is 0 Å². The molecule has 0 unspecified atom stereocenters. The molecule has 0 saturated carbocycles. The van der Waals surface area contributed by atoms with Crippen LogP contribution in [0, 0.1) is 10.1 Å². The Kier molecular flexibility index (Phi) is 8.39. The highest BCUT2D eigenvalue weighted by Crippen LogP contribution is 2.35. The number of thiazole rings is 1. The minimum absolute atomic E-state index is 0.156. The number of hydrogen-bond donors (Lipinski definition) is 1. The first-order valence-electron chi connectivity index (χ1n) is 13.3. The molecular weight excluding hydrogens is 572 g/mol. The summed E-state index contributed by atoms with van der Waals surface area (Å²) in [6.45, 7) is 4.09. The summed E-state index contributed by atoms with van der Waals surface area (Å²) in [5.41, 5.74) is 1.44. The number of rotatable bonds is 9. The van der Waals surface area contributed by atoms with Gasteiger partial charge in [0, 0.05) is 5.69 Å². The van der Waals surface area contributed by atoms with Crippen LogP contribution in [0.5, 0.6) is 17.2 Å². The molecule has 220 valence electrons. The summed E-state index contributed by atoms with van der Waals surface area (Å²) >= 11 is 1.07. The number of anilines is 1. The summed E-state index contributed by atoms with van der Waals surface area (Å²) in [6.07, 6.45) is 1.43. The van der Waals surface area contributed by atoms with Crippen molar-refractivity contribution >= 4 is 34.7 Å². The Morgan fingerprint density at radius 3 is 2.40 bits per heavy atom. The van der Waals surface area contributed by atoms with E-state index in [2.05, 4.69) is 10.3 Å². The molecule has 11 nitrogen and oxygen atoms in total. The lowest BCUT2D eigenvalue weighted by Crippen LogP contribution is -2.40. The molecule has 0 spiro atoms. The molecule has 0 saturated heterocycles. The van der Waals surface area contributed by atoms with E-state index in [1.165, 1.54) is 37.0 Å². The fraction of sp³-hybridized carbons (Fsp3) is 0.194. The van der Waals surface area contributed by atoms with E-state index < -0.39 is 22.4 Å². The van der Waals surface area contributed by atoms with Gasteiger partial charge in [0.05, 0.1) is 59.2 Å². The smallest absolute Gasteiger partial charge is 0.280 e. The fourth-order valence-corrected chi connectivity index (χ4v) is 5.90. The third-order valence-electron chi connectivity index (χ3n) is 6.82. The number of amides is 1. The number of nitro groups is 1. The molecule has 1 atom stereocenters. The predicted molar refractivity (Wildman–Crippen MR) is 163 cm³/mol. The standard InChI is InChI=1S/C31H28N4O7S/c1-5-42-22-13-11-19(12-14-22)28-27(29(36)33-21-9-7-6-8-10-21)18(2)32-31-34(28)30(37)26(43-31)16-20-15-24(40-3)25(41-4)17-23(20)35(38)39/h6-17,28H,5H2,1-4H3,(H,33,36)/b26-16-/t28-/m0/s1. The monoisotopic (exact) mass is 600 g/mol. The molecule has 5 rings (SSSR count). The molecule has 0 fully saturated rings. The number of carbonyl (C=O) groups is 1. The van der Waals surface area contributed by atoms with E-state index in [0.29, 0.717) is 39.7 Å². The van der Waals surface area contributed by atoms with E-state index in [-0.39, 0.29) is 27.3 Å². The second kappa shape index (κ2) is 12.3. The van der Waals surface area contributed by atoms with E-state index >= 15 is 0 Å². The third kappa shape index (κ3) is 5.77. The van der Waals surface area contributed by atoms with Gasteiger partial charge in [-0.15, -0.1) is 0 Å². The molecule has 1 aromatic heterocycles. The first-order valence-corrected chi connectivity index (χ1v) is 14.1. The highest BCUT2D eigenvalue weighted by molar-refractivity contribution is 7.07. The van der Waals surface area contributed by atoms with Crippen LogP contribution in [0.15, 0.2) is 87.8 Å². The molecule has 1 aliphatic heterocycles. The summed E-state index contributed by atoms with van der Waals surface area (Å²) < 4.78 is 17.8. The number of aromatic nitrogens is 1. The average molecular weight is 601 g/mol. The first kappa shape index (κ1) is 29.3. The van der Waals surface area contributed by atoms with E-state index in [4.69, 9.17) is 14.2 Å². The summed E-state index contributed by atoms with van der Waals surface area (Å²) in [4.78, 5) is 44.1. The van der Waals surface area contributed by atoms with E-state index in [1.807, 2.05) is 25.1 Å².